The van der Waals surface area contributed by atoms with Crippen molar-refractivity contribution in [3.05, 3.63) is 58.1 Å². The van der Waals surface area contributed by atoms with Crippen LogP contribution in [-0.2, 0) is 6.18 Å². The molecule has 2 rings (SSSR count). The molecule has 0 atom stereocenters. The van der Waals surface area contributed by atoms with Gasteiger partial charge < -0.3 is 9.84 Å². The standard InChI is InChI=1S/C14H8BrF3O3/c15-9-2-4-10(5-3-9)21-12-6-1-8(13(19)20)7-11(12)14(16,17)18/h1-7H,(H,19,20). The lowest BCUT2D eigenvalue weighted by atomic mass is 10.1. The van der Waals surface area contributed by atoms with Crippen LogP contribution < -0.4 is 4.74 Å². The minimum atomic E-state index is -4.71. The normalized spacial score (nSPS) is 11.2. The predicted octanol–water partition coefficient (Wildman–Crippen LogP) is 4.96. The number of ether oxygens (including phenoxy) is 1. The fraction of sp³-hybridized carbons (Fsp3) is 0.0714. The Labute approximate surface area is 126 Å². The topological polar surface area (TPSA) is 46.5 Å². The number of halogens is 4. The summed E-state index contributed by atoms with van der Waals surface area (Å²) in [6.45, 7) is 0. The molecule has 0 aliphatic rings. The van der Waals surface area contributed by atoms with Gasteiger partial charge in [-0.1, -0.05) is 15.9 Å². The highest BCUT2D eigenvalue weighted by atomic mass is 79.9. The highest BCUT2D eigenvalue weighted by Gasteiger charge is 2.35. The first kappa shape index (κ1) is 15.4. The molecule has 21 heavy (non-hydrogen) atoms. The zero-order valence-corrected chi connectivity index (χ0v) is 11.9. The van der Waals surface area contributed by atoms with Gasteiger partial charge in [-0.05, 0) is 42.5 Å². The van der Waals surface area contributed by atoms with Crippen molar-refractivity contribution in [1.29, 1.82) is 0 Å². The van der Waals surface area contributed by atoms with Crippen molar-refractivity contribution < 1.29 is 27.8 Å². The highest BCUT2D eigenvalue weighted by molar-refractivity contribution is 9.10. The second-order valence-electron chi connectivity index (χ2n) is 4.07. The lowest BCUT2D eigenvalue weighted by molar-refractivity contribution is -0.138. The van der Waals surface area contributed by atoms with Gasteiger partial charge in [-0.25, -0.2) is 4.79 Å². The molecule has 0 aromatic heterocycles. The van der Waals surface area contributed by atoms with Crippen molar-refractivity contribution in [2.75, 3.05) is 0 Å². The van der Waals surface area contributed by atoms with E-state index in [-0.39, 0.29) is 5.75 Å². The molecule has 0 radical (unpaired) electrons. The molecule has 0 fully saturated rings. The Kier molecular flexibility index (Phi) is 4.22. The molecule has 0 unspecified atom stereocenters. The van der Waals surface area contributed by atoms with Crippen LogP contribution in [0, 0.1) is 0 Å². The van der Waals surface area contributed by atoms with Gasteiger partial charge in [-0.2, -0.15) is 13.2 Å². The zero-order chi connectivity index (χ0) is 15.6. The molecule has 110 valence electrons. The second kappa shape index (κ2) is 5.77. The number of carboxylic acid groups (broad SMARTS) is 1. The van der Waals surface area contributed by atoms with Crippen molar-refractivity contribution in [2.24, 2.45) is 0 Å². The van der Waals surface area contributed by atoms with E-state index in [4.69, 9.17) is 9.84 Å². The molecule has 7 heteroatoms. The molecule has 1 N–H and O–H groups in total. The van der Waals surface area contributed by atoms with Crippen LogP contribution in [0.5, 0.6) is 11.5 Å². The average molecular weight is 361 g/mol. The summed E-state index contributed by atoms with van der Waals surface area (Å²) in [5, 5.41) is 8.77. The summed E-state index contributed by atoms with van der Waals surface area (Å²) in [5.74, 6) is -1.67. The summed E-state index contributed by atoms with van der Waals surface area (Å²) in [4.78, 5) is 10.8. The first-order chi connectivity index (χ1) is 9.77. The lowest BCUT2D eigenvalue weighted by Crippen LogP contribution is -2.09. The number of carboxylic acids is 1. The third-order valence-corrected chi connectivity index (χ3v) is 3.10. The Morgan fingerprint density at radius 1 is 1.10 bits per heavy atom. The molecule has 0 saturated heterocycles. The maximum atomic E-state index is 13.0. The third-order valence-electron chi connectivity index (χ3n) is 2.57. The molecule has 0 amide bonds. The zero-order valence-electron chi connectivity index (χ0n) is 10.3. The molecular formula is C14H8BrF3O3. The van der Waals surface area contributed by atoms with Crippen LogP contribution in [0.3, 0.4) is 0 Å². The van der Waals surface area contributed by atoms with E-state index in [0.29, 0.717) is 6.07 Å². The molecule has 2 aromatic carbocycles. The van der Waals surface area contributed by atoms with Gasteiger partial charge >= 0.3 is 12.1 Å². The monoisotopic (exact) mass is 360 g/mol. The van der Waals surface area contributed by atoms with Crippen molar-refractivity contribution in [2.45, 2.75) is 6.18 Å². The summed E-state index contributed by atoms with van der Waals surface area (Å²) in [6.07, 6.45) is -4.71. The van der Waals surface area contributed by atoms with Gasteiger partial charge in [0, 0.05) is 4.47 Å². The Bertz CT molecular complexity index is 666. The molecule has 0 bridgehead atoms. The van der Waals surface area contributed by atoms with Crippen LogP contribution in [-0.4, -0.2) is 11.1 Å². The molecular weight excluding hydrogens is 353 g/mol. The number of aromatic carboxylic acids is 1. The summed E-state index contributed by atoms with van der Waals surface area (Å²) in [5.41, 5.74) is -1.59. The fourth-order valence-electron chi connectivity index (χ4n) is 1.60. The van der Waals surface area contributed by atoms with Gasteiger partial charge in [0.05, 0.1) is 11.1 Å². The minimum absolute atomic E-state index is 0.215. The van der Waals surface area contributed by atoms with Gasteiger partial charge in [0.25, 0.3) is 0 Å². The van der Waals surface area contributed by atoms with Crippen LogP contribution in [0.15, 0.2) is 46.9 Å². The largest absolute Gasteiger partial charge is 0.478 e. The highest BCUT2D eigenvalue weighted by Crippen LogP contribution is 2.38. The Morgan fingerprint density at radius 2 is 1.71 bits per heavy atom. The number of hydrogen-bond acceptors (Lipinski definition) is 2. The molecule has 0 aliphatic heterocycles. The molecule has 3 nitrogen and oxygen atoms in total. The van der Waals surface area contributed by atoms with Crippen LogP contribution in [0.1, 0.15) is 15.9 Å². The molecule has 0 heterocycles. The van der Waals surface area contributed by atoms with Crippen LogP contribution in [0.2, 0.25) is 0 Å². The van der Waals surface area contributed by atoms with Crippen molar-refractivity contribution in [1.82, 2.24) is 0 Å². The summed E-state index contributed by atoms with van der Waals surface area (Å²) < 4.78 is 44.9. The maximum Gasteiger partial charge on any atom is 0.420 e. The van der Waals surface area contributed by atoms with Gasteiger partial charge in [0.1, 0.15) is 11.5 Å². The van der Waals surface area contributed by atoms with Crippen LogP contribution in [0.25, 0.3) is 0 Å². The third kappa shape index (κ3) is 3.75. The Balaban J connectivity index is 2.43. The molecule has 2 aromatic rings. The van der Waals surface area contributed by atoms with E-state index in [2.05, 4.69) is 15.9 Å². The van der Waals surface area contributed by atoms with E-state index < -0.39 is 29.0 Å². The van der Waals surface area contributed by atoms with Crippen LogP contribution in [0.4, 0.5) is 13.2 Å². The number of hydrogen-bond donors (Lipinski definition) is 1. The average Bonchev–Trinajstić information content (AvgIpc) is 2.40. The van der Waals surface area contributed by atoms with Crippen molar-refractivity contribution in [3.8, 4) is 11.5 Å². The Hall–Kier alpha value is -2.02. The van der Waals surface area contributed by atoms with Crippen LogP contribution >= 0.6 is 15.9 Å². The van der Waals surface area contributed by atoms with E-state index in [1.54, 1.807) is 12.1 Å². The SMILES string of the molecule is O=C(O)c1ccc(Oc2ccc(Br)cc2)c(C(F)(F)F)c1. The van der Waals surface area contributed by atoms with E-state index >= 15 is 0 Å². The van der Waals surface area contributed by atoms with E-state index in [9.17, 15) is 18.0 Å². The lowest BCUT2D eigenvalue weighted by Gasteiger charge is -2.14. The molecule has 0 spiro atoms. The smallest absolute Gasteiger partial charge is 0.420 e. The quantitative estimate of drug-likeness (QED) is 0.841. The number of alkyl halides is 3. The number of carbonyl (C=O) groups is 1. The maximum absolute atomic E-state index is 13.0. The van der Waals surface area contributed by atoms with E-state index in [1.165, 1.54) is 12.1 Å². The van der Waals surface area contributed by atoms with E-state index in [1.807, 2.05) is 0 Å². The van der Waals surface area contributed by atoms with Gasteiger partial charge in [-0.3, -0.25) is 0 Å². The van der Waals surface area contributed by atoms with Gasteiger partial charge in [-0.15, -0.1) is 0 Å². The first-order valence-corrected chi connectivity index (χ1v) is 6.44. The van der Waals surface area contributed by atoms with Gasteiger partial charge in [0.2, 0.25) is 0 Å². The first-order valence-electron chi connectivity index (χ1n) is 5.65. The minimum Gasteiger partial charge on any atom is -0.478 e. The second-order valence-corrected chi connectivity index (χ2v) is 4.99. The summed E-state index contributed by atoms with van der Waals surface area (Å²) in [7, 11) is 0. The van der Waals surface area contributed by atoms with Gasteiger partial charge in [0.15, 0.2) is 0 Å². The molecule has 0 saturated carbocycles. The summed E-state index contributed by atoms with van der Waals surface area (Å²) in [6, 6.07) is 8.84. The van der Waals surface area contributed by atoms with E-state index in [0.717, 1.165) is 16.6 Å². The number of benzene rings is 2. The number of rotatable bonds is 3. The Morgan fingerprint density at radius 3 is 2.24 bits per heavy atom. The fourth-order valence-corrected chi connectivity index (χ4v) is 1.87. The van der Waals surface area contributed by atoms with Crippen molar-refractivity contribution in [3.63, 3.8) is 0 Å². The molecule has 0 aliphatic carbocycles. The van der Waals surface area contributed by atoms with Crippen molar-refractivity contribution >= 4 is 21.9 Å². The predicted molar refractivity (Wildman–Crippen MR) is 72.6 cm³/mol. The summed E-state index contributed by atoms with van der Waals surface area (Å²) >= 11 is 3.20.